The molecule has 1 fully saturated rings. The second-order valence-corrected chi connectivity index (χ2v) is 5.22. The molecule has 1 aliphatic rings. The van der Waals surface area contributed by atoms with Gasteiger partial charge in [-0.3, -0.25) is 4.79 Å². The highest BCUT2D eigenvalue weighted by molar-refractivity contribution is 5.76. The maximum Gasteiger partial charge on any atom is 0.223 e. The van der Waals surface area contributed by atoms with Crippen LogP contribution in [0.25, 0.3) is 0 Å². The first-order valence-electron chi connectivity index (χ1n) is 6.84. The monoisotopic (exact) mass is 279 g/mol. The average Bonchev–Trinajstić information content (AvgIpc) is 2.86. The highest BCUT2D eigenvalue weighted by atomic mass is 16.5. The maximum atomic E-state index is 11.6. The van der Waals surface area contributed by atoms with E-state index in [9.17, 15) is 9.90 Å². The summed E-state index contributed by atoms with van der Waals surface area (Å²) in [5, 5.41) is 12.7. The summed E-state index contributed by atoms with van der Waals surface area (Å²) in [6.07, 6.45) is 0.831. The Kier molecular flexibility index (Phi) is 4.98. The predicted octanol–water partition coefficient (Wildman–Crippen LogP) is 1.03. The number of ether oxygens (including phenoxy) is 2. The van der Waals surface area contributed by atoms with Gasteiger partial charge in [0, 0.05) is 19.6 Å². The molecule has 0 radical (unpaired) electrons. The normalized spacial score (nSPS) is 21.7. The quantitative estimate of drug-likeness (QED) is 0.816. The zero-order valence-electron chi connectivity index (χ0n) is 11.7. The van der Waals surface area contributed by atoms with E-state index >= 15 is 0 Å². The minimum Gasteiger partial charge on any atom is -0.493 e. The minimum absolute atomic E-state index is 0.127. The average molecular weight is 279 g/mol. The van der Waals surface area contributed by atoms with Crippen molar-refractivity contribution in [2.24, 2.45) is 0 Å². The van der Waals surface area contributed by atoms with Crippen molar-refractivity contribution in [3.63, 3.8) is 0 Å². The summed E-state index contributed by atoms with van der Waals surface area (Å²) in [6.45, 7) is 3.39. The molecule has 1 aliphatic heterocycles. The molecule has 5 nitrogen and oxygen atoms in total. The number of amides is 1. The predicted molar refractivity (Wildman–Crippen MR) is 74.7 cm³/mol. The van der Waals surface area contributed by atoms with Gasteiger partial charge in [-0.25, -0.2) is 0 Å². The van der Waals surface area contributed by atoms with Crippen LogP contribution in [0.15, 0.2) is 24.3 Å². The number of carbonyl (C=O) groups excluding carboxylic acids is 1. The lowest BCUT2D eigenvalue weighted by molar-refractivity contribution is -0.122. The van der Waals surface area contributed by atoms with Crippen LogP contribution >= 0.6 is 0 Å². The van der Waals surface area contributed by atoms with Crippen LogP contribution in [-0.4, -0.2) is 43.0 Å². The van der Waals surface area contributed by atoms with Crippen LogP contribution in [0.2, 0.25) is 0 Å². The highest BCUT2D eigenvalue weighted by Gasteiger charge is 2.32. The fraction of sp³-hybridized carbons (Fsp3) is 0.533. The van der Waals surface area contributed by atoms with Gasteiger partial charge in [0.25, 0.3) is 0 Å². The van der Waals surface area contributed by atoms with Crippen molar-refractivity contribution in [3.05, 3.63) is 29.8 Å². The number of benzene rings is 1. The molecule has 1 aromatic carbocycles. The molecule has 0 bridgehead atoms. The summed E-state index contributed by atoms with van der Waals surface area (Å²) in [7, 11) is 0. The molecular formula is C15H21NO4. The smallest absolute Gasteiger partial charge is 0.223 e. The molecule has 1 aromatic rings. The molecule has 0 aromatic heterocycles. The summed E-state index contributed by atoms with van der Waals surface area (Å²) in [5.41, 5.74) is 0.259. The number of nitrogens with one attached hydrogen (secondary N) is 1. The molecular weight excluding hydrogens is 258 g/mol. The van der Waals surface area contributed by atoms with E-state index in [2.05, 4.69) is 5.32 Å². The van der Waals surface area contributed by atoms with Gasteiger partial charge >= 0.3 is 0 Å². The molecule has 110 valence electrons. The highest BCUT2D eigenvalue weighted by Crippen LogP contribution is 2.17. The molecule has 5 heteroatoms. The SMILES string of the molecule is Cc1ccc(OCCC(=O)NCC2(O)CCOC2)cc1. The number of hydrogen-bond donors (Lipinski definition) is 2. The molecule has 2 N–H and O–H groups in total. The summed E-state index contributed by atoms with van der Waals surface area (Å²) >= 11 is 0. The minimum atomic E-state index is -0.909. The third-order valence-corrected chi connectivity index (χ3v) is 3.32. The molecule has 1 unspecified atom stereocenters. The molecule has 0 spiro atoms. The van der Waals surface area contributed by atoms with E-state index in [1.165, 1.54) is 5.56 Å². The first-order chi connectivity index (χ1) is 9.57. The van der Waals surface area contributed by atoms with Crippen molar-refractivity contribution in [1.82, 2.24) is 5.32 Å². The van der Waals surface area contributed by atoms with Crippen molar-refractivity contribution in [1.29, 1.82) is 0 Å². The number of carbonyl (C=O) groups is 1. The summed E-state index contributed by atoms with van der Waals surface area (Å²) in [6, 6.07) is 7.69. The van der Waals surface area contributed by atoms with Crippen molar-refractivity contribution in [2.45, 2.75) is 25.4 Å². The molecule has 20 heavy (non-hydrogen) atoms. The Labute approximate surface area is 118 Å². The fourth-order valence-electron chi connectivity index (χ4n) is 1.98. The Morgan fingerprint density at radius 1 is 1.45 bits per heavy atom. The van der Waals surface area contributed by atoms with Gasteiger partial charge in [-0.15, -0.1) is 0 Å². The lowest BCUT2D eigenvalue weighted by Crippen LogP contribution is -2.43. The first kappa shape index (κ1) is 14.8. The Bertz CT molecular complexity index is 438. The van der Waals surface area contributed by atoms with Crippen LogP contribution in [0.5, 0.6) is 5.75 Å². The van der Waals surface area contributed by atoms with E-state index in [1.54, 1.807) is 0 Å². The summed E-state index contributed by atoms with van der Waals surface area (Å²) in [4.78, 5) is 11.6. The Hall–Kier alpha value is -1.59. The van der Waals surface area contributed by atoms with Crippen molar-refractivity contribution in [3.8, 4) is 5.75 Å². The molecule has 0 aliphatic carbocycles. The Morgan fingerprint density at radius 2 is 2.20 bits per heavy atom. The summed E-state index contributed by atoms with van der Waals surface area (Å²) < 4.78 is 10.6. The maximum absolute atomic E-state index is 11.6. The molecule has 1 heterocycles. The van der Waals surface area contributed by atoms with Crippen molar-refractivity contribution < 1.29 is 19.4 Å². The van der Waals surface area contributed by atoms with Gasteiger partial charge in [0.1, 0.15) is 11.4 Å². The number of aliphatic hydroxyl groups is 1. The van der Waals surface area contributed by atoms with E-state index < -0.39 is 5.60 Å². The van der Waals surface area contributed by atoms with Gasteiger partial charge < -0.3 is 19.9 Å². The topological polar surface area (TPSA) is 67.8 Å². The largest absolute Gasteiger partial charge is 0.493 e. The van der Waals surface area contributed by atoms with Gasteiger partial charge in [-0.05, 0) is 19.1 Å². The standard InChI is InChI=1S/C15H21NO4/c1-12-2-4-13(5-3-12)20-8-6-14(17)16-10-15(18)7-9-19-11-15/h2-5,18H,6-11H2,1H3,(H,16,17). The van der Waals surface area contributed by atoms with Crippen molar-refractivity contribution in [2.75, 3.05) is 26.4 Å². The van der Waals surface area contributed by atoms with Crippen LogP contribution in [0.3, 0.4) is 0 Å². The lowest BCUT2D eigenvalue weighted by Gasteiger charge is -2.20. The molecule has 1 saturated heterocycles. The third kappa shape index (κ3) is 4.51. The van der Waals surface area contributed by atoms with Gasteiger partial charge in [0.2, 0.25) is 5.91 Å². The molecule has 0 saturated carbocycles. The van der Waals surface area contributed by atoms with Crippen LogP contribution in [0.1, 0.15) is 18.4 Å². The molecule has 2 rings (SSSR count). The second kappa shape index (κ2) is 6.72. The van der Waals surface area contributed by atoms with Gasteiger partial charge in [-0.2, -0.15) is 0 Å². The van der Waals surface area contributed by atoms with E-state index in [1.807, 2.05) is 31.2 Å². The van der Waals surface area contributed by atoms with E-state index in [-0.39, 0.29) is 25.5 Å². The van der Waals surface area contributed by atoms with Crippen LogP contribution in [0, 0.1) is 6.92 Å². The van der Waals surface area contributed by atoms with Gasteiger partial charge in [0.05, 0.1) is 19.6 Å². The van der Waals surface area contributed by atoms with Crippen molar-refractivity contribution >= 4 is 5.91 Å². The molecule has 1 amide bonds. The number of rotatable bonds is 6. The third-order valence-electron chi connectivity index (χ3n) is 3.32. The van der Waals surface area contributed by atoms with Crippen LogP contribution in [0.4, 0.5) is 0 Å². The Morgan fingerprint density at radius 3 is 2.85 bits per heavy atom. The second-order valence-electron chi connectivity index (χ2n) is 5.22. The zero-order chi connectivity index (χ0) is 14.4. The Balaban J connectivity index is 1.64. The lowest BCUT2D eigenvalue weighted by atomic mass is 10.0. The van der Waals surface area contributed by atoms with Crippen LogP contribution in [-0.2, 0) is 9.53 Å². The van der Waals surface area contributed by atoms with Gasteiger partial charge in [0.15, 0.2) is 0 Å². The first-order valence-corrected chi connectivity index (χ1v) is 6.84. The molecule has 1 atom stereocenters. The van der Waals surface area contributed by atoms with Crippen LogP contribution < -0.4 is 10.1 Å². The van der Waals surface area contributed by atoms with E-state index in [0.29, 0.717) is 19.6 Å². The zero-order valence-corrected chi connectivity index (χ0v) is 11.7. The van der Waals surface area contributed by atoms with E-state index in [4.69, 9.17) is 9.47 Å². The summed E-state index contributed by atoms with van der Waals surface area (Å²) in [5.74, 6) is 0.628. The number of hydrogen-bond acceptors (Lipinski definition) is 4. The van der Waals surface area contributed by atoms with E-state index in [0.717, 1.165) is 5.75 Å². The fourth-order valence-corrected chi connectivity index (χ4v) is 1.98. The number of aryl methyl sites for hydroxylation is 1. The van der Waals surface area contributed by atoms with Gasteiger partial charge in [-0.1, -0.05) is 17.7 Å².